The molecule has 8 heteroatoms. The molecule has 0 unspecified atom stereocenters. The summed E-state index contributed by atoms with van der Waals surface area (Å²) >= 11 is 12.8. The maximum atomic E-state index is 12.2. The largest absolute Gasteiger partial charge is 0.462 e. The van der Waals surface area contributed by atoms with Gasteiger partial charge >= 0.3 is 5.97 Å². The van der Waals surface area contributed by atoms with E-state index in [0.29, 0.717) is 23.2 Å². The molecule has 3 rings (SSSR count). The van der Waals surface area contributed by atoms with Crippen LogP contribution in [0.2, 0.25) is 10.3 Å². The Morgan fingerprint density at radius 2 is 2.00 bits per heavy atom. The minimum absolute atomic E-state index is 0.192. The Bertz CT molecular complexity index is 1040. The molecule has 132 valence electrons. The molecule has 3 aromatic rings. The van der Waals surface area contributed by atoms with Gasteiger partial charge in [0.25, 0.3) is 0 Å². The fourth-order valence-electron chi connectivity index (χ4n) is 2.62. The highest BCUT2D eigenvalue weighted by Crippen LogP contribution is 2.29. The van der Waals surface area contributed by atoms with Gasteiger partial charge in [-0.2, -0.15) is 10.4 Å². The van der Waals surface area contributed by atoms with Crippen LogP contribution in [0.1, 0.15) is 39.7 Å². The standard InChI is InChI=1S/C18H14Cl2N4O2/c1-3-26-18(25)14-10(2)23-24-16(20)13(15(19)22-17(14)24)8-11-4-6-12(9-21)7-5-11/h4-7H,3,8H2,1-2H3. The monoisotopic (exact) mass is 388 g/mol. The van der Waals surface area contributed by atoms with Crippen LogP contribution in [0, 0.1) is 18.3 Å². The smallest absolute Gasteiger partial charge is 0.343 e. The highest BCUT2D eigenvalue weighted by atomic mass is 35.5. The first-order valence-electron chi connectivity index (χ1n) is 7.85. The summed E-state index contributed by atoms with van der Waals surface area (Å²) in [5.74, 6) is -0.514. The Kier molecular flexibility index (Phi) is 5.12. The van der Waals surface area contributed by atoms with Crippen molar-refractivity contribution in [2.24, 2.45) is 0 Å². The topological polar surface area (TPSA) is 80.3 Å². The lowest BCUT2D eigenvalue weighted by atomic mass is 10.1. The summed E-state index contributed by atoms with van der Waals surface area (Å²) in [7, 11) is 0. The average Bonchev–Trinajstić information content (AvgIpc) is 2.95. The molecule has 0 N–H and O–H groups in total. The number of fused-ring (bicyclic) bond motifs is 1. The number of carbonyl (C=O) groups excluding carboxylic acids is 1. The Morgan fingerprint density at radius 1 is 1.31 bits per heavy atom. The van der Waals surface area contributed by atoms with Gasteiger partial charge in [0.15, 0.2) is 5.65 Å². The molecule has 0 aliphatic rings. The van der Waals surface area contributed by atoms with Crippen LogP contribution in [0.3, 0.4) is 0 Å². The average molecular weight is 389 g/mol. The van der Waals surface area contributed by atoms with Gasteiger partial charge < -0.3 is 4.74 Å². The van der Waals surface area contributed by atoms with Crippen molar-refractivity contribution in [3.8, 4) is 6.07 Å². The predicted molar refractivity (Wildman–Crippen MR) is 97.7 cm³/mol. The molecule has 0 fully saturated rings. The second kappa shape index (κ2) is 7.32. The maximum absolute atomic E-state index is 12.2. The highest BCUT2D eigenvalue weighted by Gasteiger charge is 2.23. The van der Waals surface area contributed by atoms with E-state index in [1.807, 2.05) is 12.1 Å². The molecule has 0 radical (unpaired) electrons. The summed E-state index contributed by atoms with van der Waals surface area (Å²) in [6, 6.07) is 9.17. The molecular weight excluding hydrogens is 375 g/mol. The van der Waals surface area contributed by atoms with Gasteiger partial charge in [-0.25, -0.2) is 14.3 Å². The zero-order valence-corrected chi connectivity index (χ0v) is 15.6. The number of hydrogen-bond acceptors (Lipinski definition) is 5. The number of aromatic nitrogens is 3. The second-order valence-corrected chi connectivity index (χ2v) is 6.29. The van der Waals surface area contributed by atoms with Crippen molar-refractivity contribution >= 4 is 34.8 Å². The first kappa shape index (κ1) is 18.2. The zero-order chi connectivity index (χ0) is 18.8. The molecule has 2 heterocycles. The van der Waals surface area contributed by atoms with E-state index in [-0.39, 0.29) is 28.1 Å². The minimum atomic E-state index is -0.514. The van der Waals surface area contributed by atoms with Gasteiger partial charge in [-0.1, -0.05) is 35.3 Å². The number of rotatable bonds is 4. The molecule has 0 aliphatic carbocycles. The third-order valence-electron chi connectivity index (χ3n) is 3.87. The van der Waals surface area contributed by atoms with E-state index in [1.54, 1.807) is 26.0 Å². The van der Waals surface area contributed by atoms with Gasteiger partial charge in [0.2, 0.25) is 0 Å². The van der Waals surface area contributed by atoms with Crippen molar-refractivity contribution in [2.75, 3.05) is 6.61 Å². The lowest BCUT2D eigenvalue weighted by Crippen LogP contribution is -2.07. The summed E-state index contributed by atoms with van der Waals surface area (Å²) < 4.78 is 6.45. The summed E-state index contributed by atoms with van der Waals surface area (Å²) in [6.07, 6.45) is 0.417. The van der Waals surface area contributed by atoms with Crippen molar-refractivity contribution in [1.82, 2.24) is 14.6 Å². The van der Waals surface area contributed by atoms with Gasteiger partial charge in [-0.3, -0.25) is 0 Å². The Balaban J connectivity index is 2.08. The summed E-state index contributed by atoms with van der Waals surface area (Å²) in [5, 5.41) is 13.7. The highest BCUT2D eigenvalue weighted by molar-refractivity contribution is 6.35. The summed E-state index contributed by atoms with van der Waals surface area (Å²) in [6.45, 7) is 3.65. The van der Waals surface area contributed by atoms with Crippen LogP contribution in [0.5, 0.6) is 0 Å². The Labute approximate surface area is 159 Å². The molecular formula is C18H14Cl2N4O2. The van der Waals surface area contributed by atoms with Gasteiger partial charge in [0.1, 0.15) is 15.9 Å². The van der Waals surface area contributed by atoms with E-state index >= 15 is 0 Å². The number of esters is 1. The number of halogens is 2. The van der Waals surface area contributed by atoms with E-state index < -0.39 is 5.97 Å². The van der Waals surface area contributed by atoms with Crippen molar-refractivity contribution in [2.45, 2.75) is 20.3 Å². The van der Waals surface area contributed by atoms with Crippen LogP contribution in [-0.2, 0) is 11.2 Å². The first-order valence-corrected chi connectivity index (χ1v) is 8.61. The molecule has 0 amide bonds. The van der Waals surface area contributed by atoms with Crippen LogP contribution in [0.25, 0.3) is 5.65 Å². The van der Waals surface area contributed by atoms with E-state index in [9.17, 15) is 4.79 Å². The van der Waals surface area contributed by atoms with Gasteiger partial charge in [-0.05, 0) is 31.5 Å². The number of ether oxygens (including phenoxy) is 1. The lowest BCUT2D eigenvalue weighted by molar-refractivity contribution is 0.0527. The quantitative estimate of drug-likeness (QED) is 0.498. The minimum Gasteiger partial charge on any atom is -0.462 e. The van der Waals surface area contributed by atoms with E-state index in [0.717, 1.165) is 5.56 Å². The summed E-state index contributed by atoms with van der Waals surface area (Å²) in [4.78, 5) is 16.5. The van der Waals surface area contributed by atoms with Crippen molar-refractivity contribution in [3.05, 3.63) is 62.5 Å². The molecule has 0 atom stereocenters. The lowest BCUT2D eigenvalue weighted by Gasteiger charge is -2.09. The molecule has 0 aliphatic heterocycles. The number of hydrogen-bond donors (Lipinski definition) is 0. The second-order valence-electron chi connectivity index (χ2n) is 5.57. The number of benzene rings is 1. The van der Waals surface area contributed by atoms with Crippen LogP contribution in [-0.4, -0.2) is 27.2 Å². The normalized spacial score (nSPS) is 10.7. The molecule has 0 spiro atoms. The summed E-state index contributed by atoms with van der Waals surface area (Å²) in [5.41, 5.74) is 3.05. The fourth-order valence-corrected chi connectivity index (χ4v) is 3.18. The third kappa shape index (κ3) is 3.24. The van der Waals surface area contributed by atoms with E-state index in [2.05, 4.69) is 16.2 Å². The first-order chi connectivity index (χ1) is 12.5. The Morgan fingerprint density at radius 3 is 2.62 bits per heavy atom. The van der Waals surface area contributed by atoms with Gasteiger partial charge in [0.05, 0.1) is 23.9 Å². The maximum Gasteiger partial charge on any atom is 0.343 e. The van der Waals surface area contributed by atoms with Crippen LogP contribution in [0.4, 0.5) is 0 Å². The molecule has 6 nitrogen and oxygen atoms in total. The SMILES string of the molecule is CCOC(=O)c1c(C)nn2c(Cl)c(Cc3ccc(C#N)cc3)c(Cl)nc12. The number of carbonyl (C=O) groups is 1. The predicted octanol–water partition coefficient (Wildman–Crippen LogP) is 3.98. The number of nitriles is 1. The van der Waals surface area contributed by atoms with Crippen LogP contribution >= 0.6 is 23.2 Å². The molecule has 0 saturated carbocycles. The fraction of sp³-hybridized carbons (Fsp3) is 0.222. The van der Waals surface area contributed by atoms with Gasteiger partial charge in [0, 0.05) is 12.0 Å². The van der Waals surface area contributed by atoms with Crippen molar-refractivity contribution in [1.29, 1.82) is 5.26 Å². The molecule has 0 saturated heterocycles. The van der Waals surface area contributed by atoms with Gasteiger partial charge in [-0.15, -0.1) is 0 Å². The number of aryl methyl sites for hydroxylation is 1. The molecule has 0 bridgehead atoms. The van der Waals surface area contributed by atoms with Crippen molar-refractivity contribution < 1.29 is 9.53 Å². The van der Waals surface area contributed by atoms with Crippen LogP contribution in [0.15, 0.2) is 24.3 Å². The zero-order valence-electron chi connectivity index (χ0n) is 14.1. The van der Waals surface area contributed by atoms with E-state index in [1.165, 1.54) is 4.52 Å². The Hall–Kier alpha value is -2.62. The van der Waals surface area contributed by atoms with E-state index in [4.69, 9.17) is 33.2 Å². The molecule has 1 aromatic carbocycles. The number of nitrogens with zero attached hydrogens (tertiary/aromatic N) is 4. The van der Waals surface area contributed by atoms with Crippen molar-refractivity contribution in [3.63, 3.8) is 0 Å². The van der Waals surface area contributed by atoms with Crippen LogP contribution < -0.4 is 0 Å². The molecule has 2 aromatic heterocycles. The third-order valence-corrected chi connectivity index (χ3v) is 4.57. The molecule has 26 heavy (non-hydrogen) atoms.